The Bertz CT molecular complexity index is 717. The monoisotopic (exact) mass is 343 g/mol. The average Bonchev–Trinajstić information content (AvgIpc) is 2.58. The van der Waals surface area contributed by atoms with E-state index < -0.39 is 6.10 Å². The number of benzene rings is 2. The van der Waals surface area contributed by atoms with Gasteiger partial charge in [0.25, 0.3) is 0 Å². The number of aliphatic hydroxyl groups is 1. The third-order valence-corrected chi connectivity index (χ3v) is 4.35. The highest BCUT2D eigenvalue weighted by molar-refractivity contribution is 5.92. The summed E-state index contributed by atoms with van der Waals surface area (Å²) in [6, 6.07) is 13.1. The molecule has 25 heavy (non-hydrogen) atoms. The summed E-state index contributed by atoms with van der Waals surface area (Å²) in [4.78, 5) is 12.0. The molecule has 0 bridgehead atoms. The molecule has 0 saturated heterocycles. The van der Waals surface area contributed by atoms with Gasteiger partial charge in [0.2, 0.25) is 5.91 Å². The fourth-order valence-electron chi connectivity index (χ4n) is 3.04. The predicted molar refractivity (Wildman–Crippen MR) is 94.1 cm³/mol. The molecule has 1 fully saturated rings. The van der Waals surface area contributed by atoms with E-state index in [0.717, 1.165) is 25.7 Å². The van der Waals surface area contributed by atoms with Crippen molar-refractivity contribution < 1.29 is 19.0 Å². The molecule has 3 rings (SSSR count). The highest BCUT2D eigenvalue weighted by Gasteiger charge is 2.24. The molecule has 2 aromatic rings. The quantitative estimate of drug-likeness (QED) is 0.870. The average molecular weight is 343 g/mol. The van der Waals surface area contributed by atoms with Crippen LogP contribution in [0.4, 0.5) is 10.1 Å². The van der Waals surface area contributed by atoms with Gasteiger partial charge >= 0.3 is 0 Å². The summed E-state index contributed by atoms with van der Waals surface area (Å²) in [7, 11) is 0. The van der Waals surface area contributed by atoms with Crippen LogP contribution in [0.15, 0.2) is 48.5 Å². The normalized spacial score (nSPS) is 20.1. The first-order valence-corrected chi connectivity index (χ1v) is 8.59. The van der Waals surface area contributed by atoms with Crippen LogP contribution in [0.25, 0.3) is 0 Å². The van der Waals surface area contributed by atoms with Gasteiger partial charge in [0.15, 0.2) is 0 Å². The number of carbonyl (C=O) groups excluding carboxylic acids is 1. The standard InChI is InChI=1S/C20H22FNO3/c21-15-5-3-4-14(12-15)13-20(24)22-16-8-10-17(11-9-16)25-19-7-2-1-6-18(19)23/h3-5,8-12,18-19,23H,1-2,6-7,13H2,(H,22,24). The van der Waals surface area contributed by atoms with Gasteiger partial charge in [0, 0.05) is 5.69 Å². The Morgan fingerprint density at radius 2 is 1.92 bits per heavy atom. The number of rotatable bonds is 5. The molecule has 0 aliphatic heterocycles. The minimum absolute atomic E-state index is 0.115. The van der Waals surface area contributed by atoms with Crippen molar-refractivity contribution in [2.45, 2.75) is 44.3 Å². The molecule has 2 atom stereocenters. The van der Waals surface area contributed by atoms with Crippen molar-refractivity contribution in [2.75, 3.05) is 5.32 Å². The first-order valence-electron chi connectivity index (χ1n) is 8.59. The third kappa shape index (κ3) is 5.03. The molecule has 0 aromatic heterocycles. The minimum atomic E-state index is -0.417. The van der Waals surface area contributed by atoms with E-state index in [9.17, 15) is 14.3 Å². The maximum absolute atomic E-state index is 13.1. The lowest BCUT2D eigenvalue weighted by Gasteiger charge is -2.28. The van der Waals surface area contributed by atoms with Gasteiger partial charge in [-0.2, -0.15) is 0 Å². The fourth-order valence-corrected chi connectivity index (χ4v) is 3.04. The number of amides is 1. The number of hydrogen-bond acceptors (Lipinski definition) is 3. The molecule has 4 nitrogen and oxygen atoms in total. The molecule has 1 aliphatic rings. The molecule has 2 aromatic carbocycles. The molecule has 2 unspecified atom stereocenters. The Hall–Kier alpha value is -2.40. The summed E-state index contributed by atoms with van der Waals surface area (Å²) < 4.78 is 19.0. The van der Waals surface area contributed by atoms with E-state index in [1.165, 1.54) is 12.1 Å². The second-order valence-electron chi connectivity index (χ2n) is 6.39. The lowest BCUT2D eigenvalue weighted by atomic mass is 9.95. The predicted octanol–water partition coefficient (Wildman–Crippen LogP) is 3.69. The minimum Gasteiger partial charge on any atom is -0.488 e. The Morgan fingerprint density at radius 1 is 1.16 bits per heavy atom. The molecule has 132 valence electrons. The molecular formula is C20H22FNO3. The highest BCUT2D eigenvalue weighted by Crippen LogP contribution is 2.25. The van der Waals surface area contributed by atoms with E-state index in [0.29, 0.717) is 17.0 Å². The number of aliphatic hydroxyl groups excluding tert-OH is 1. The fraction of sp³-hybridized carbons (Fsp3) is 0.350. The molecule has 1 amide bonds. The Labute approximate surface area is 146 Å². The molecule has 0 radical (unpaired) electrons. The number of hydrogen-bond donors (Lipinski definition) is 2. The van der Waals surface area contributed by atoms with Gasteiger partial charge in [0.05, 0.1) is 12.5 Å². The summed E-state index contributed by atoms with van der Waals surface area (Å²) >= 11 is 0. The van der Waals surface area contributed by atoms with Crippen molar-refractivity contribution in [3.63, 3.8) is 0 Å². The van der Waals surface area contributed by atoms with E-state index in [1.807, 2.05) is 0 Å². The molecule has 0 heterocycles. The Morgan fingerprint density at radius 3 is 2.64 bits per heavy atom. The van der Waals surface area contributed by atoms with Gasteiger partial charge in [-0.15, -0.1) is 0 Å². The highest BCUT2D eigenvalue weighted by atomic mass is 19.1. The lowest BCUT2D eigenvalue weighted by molar-refractivity contribution is -0.115. The lowest BCUT2D eigenvalue weighted by Crippen LogP contribution is -2.34. The largest absolute Gasteiger partial charge is 0.488 e. The second-order valence-corrected chi connectivity index (χ2v) is 6.39. The number of ether oxygens (including phenoxy) is 1. The van der Waals surface area contributed by atoms with Gasteiger partial charge < -0.3 is 15.2 Å². The van der Waals surface area contributed by atoms with Crippen LogP contribution < -0.4 is 10.1 Å². The maximum Gasteiger partial charge on any atom is 0.228 e. The van der Waals surface area contributed by atoms with Crippen LogP contribution >= 0.6 is 0 Å². The molecule has 2 N–H and O–H groups in total. The van der Waals surface area contributed by atoms with Gasteiger partial charge in [0.1, 0.15) is 17.7 Å². The van der Waals surface area contributed by atoms with E-state index in [1.54, 1.807) is 36.4 Å². The number of halogens is 1. The van der Waals surface area contributed by atoms with E-state index >= 15 is 0 Å². The maximum atomic E-state index is 13.1. The van der Waals surface area contributed by atoms with Crippen molar-refractivity contribution in [3.8, 4) is 5.75 Å². The molecular weight excluding hydrogens is 321 g/mol. The van der Waals surface area contributed by atoms with Crippen molar-refractivity contribution in [2.24, 2.45) is 0 Å². The zero-order valence-electron chi connectivity index (χ0n) is 14.0. The number of carbonyl (C=O) groups is 1. The van der Waals surface area contributed by atoms with Crippen molar-refractivity contribution in [3.05, 3.63) is 59.9 Å². The second kappa shape index (κ2) is 8.12. The molecule has 0 spiro atoms. The molecule has 5 heteroatoms. The van der Waals surface area contributed by atoms with Crippen LogP contribution in [-0.4, -0.2) is 23.2 Å². The van der Waals surface area contributed by atoms with Crippen LogP contribution in [0.5, 0.6) is 5.75 Å². The summed E-state index contributed by atoms with van der Waals surface area (Å²) in [5.41, 5.74) is 1.28. The van der Waals surface area contributed by atoms with Crippen LogP contribution in [0, 0.1) is 5.82 Å². The van der Waals surface area contributed by atoms with Gasteiger partial charge in [-0.05, 0) is 61.2 Å². The van der Waals surface area contributed by atoms with Crippen molar-refractivity contribution in [1.82, 2.24) is 0 Å². The zero-order valence-corrected chi connectivity index (χ0v) is 14.0. The van der Waals surface area contributed by atoms with Crippen LogP contribution in [0.2, 0.25) is 0 Å². The summed E-state index contributed by atoms with van der Waals surface area (Å²) in [5, 5.41) is 12.7. The smallest absolute Gasteiger partial charge is 0.228 e. The van der Waals surface area contributed by atoms with E-state index in [4.69, 9.17) is 4.74 Å². The van der Waals surface area contributed by atoms with Crippen LogP contribution in [0.3, 0.4) is 0 Å². The first-order chi connectivity index (χ1) is 12.1. The van der Waals surface area contributed by atoms with Gasteiger partial charge in [-0.3, -0.25) is 4.79 Å². The first kappa shape index (κ1) is 17.4. The van der Waals surface area contributed by atoms with Crippen molar-refractivity contribution >= 4 is 11.6 Å². The Kier molecular flexibility index (Phi) is 5.66. The van der Waals surface area contributed by atoms with Gasteiger partial charge in [-0.25, -0.2) is 4.39 Å². The molecule has 1 aliphatic carbocycles. The number of anilines is 1. The summed E-state index contributed by atoms with van der Waals surface area (Å²) in [6.07, 6.45) is 3.27. The Balaban J connectivity index is 1.54. The third-order valence-electron chi connectivity index (χ3n) is 4.35. The number of nitrogens with one attached hydrogen (secondary N) is 1. The van der Waals surface area contributed by atoms with Crippen molar-refractivity contribution in [1.29, 1.82) is 0 Å². The summed E-state index contributed by atoms with van der Waals surface area (Å²) in [5.74, 6) is 0.118. The van der Waals surface area contributed by atoms with Crippen LogP contribution in [0.1, 0.15) is 31.2 Å². The zero-order chi connectivity index (χ0) is 17.6. The van der Waals surface area contributed by atoms with E-state index in [2.05, 4.69) is 5.32 Å². The SMILES string of the molecule is O=C(Cc1cccc(F)c1)Nc1ccc(OC2CCCCC2O)cc1. The molecule has 1 saturated carbocycles. The topological polar surface area (TPSA) is 58.6 Å². The van der Waals surface area contributed by atoms with Crippen LogP contribution in [-0.2, 0) is 11.2 Å². The van der Waals surface area contributed by atoms with E-state index in [-0.39, 0.29) is 24.2 Å². The summed E-state index contributed by atoms with van der Waals surface area (Å²) in [6.45, 7) is 0. The van der Waals surface area contributed by atoms with Gasteiger partial charge in [-0.1, -0.05) is 18.6 Å².